The Kier molecular flexibility index (Phi) is 3.58. The van der Waals surface area contributed by atoms with Crippen LogP contribution in [-0.2, 0) is 6.42 Å². The fourth-order valence-corrected chi connectivity index (χ4v) is 2.16. The van der Waals surface area contributed by atoms with Crippen molar-refractivity contribution in [2.75, 3.05) is 11.9 Å². The summed E-state index contributed by atoms with van der Waals surface area (Å²) in [6.45, 7) is 2.94. The molecule has 3 aromatic heterocycles. The molecule has 5 nitrogen and oxygen atoms in total. The highest BCUT2D eigenvalue weighted by Gasteiger charge is 2.03. The summed E-state index contributed by atoms with van der Waals surface area (Å²) in [6.07, 6.45) is 5.71. The van der Waals surface area contributed by atoms with Gasteiger partial charge in [-0.15, -0.1) is 10.2 Å². The second-order valence-electron chi connectivity index (χ2n) is 4.79. The quantitative estimate of drug-likeness (QED) is 0.722. The van der Waals surface area contributed by atoms with Crippen molar-refractivity contribution in [3.05, 3.63) is 54.1 Å². The minimum absolute atomic E-state index is 0.873. The van der Waals surface area contributed by atoms with Crippen molar-refractivity contribution in [2.24, 2.45) is 0 Å². The summed E-state index contributed by atoms with van der Waals surface area (Å²) in [4.78, 5) is 4.28. The number of pyridine rings is 2. The minimum Gasteiger partial charge on any atom is -0.370 e. The highest BCUT2D eigenvalue weighted by atomic mass is 15.2. The van der Waals surface area contributed by atoms with E-state index in [2.05, 4.69) is 27.4 Å². The molecule has 20 heavy (non-hydrogen) atoms. The first-order chi connectivity index (χ1) is 9.83. The lowest BCUT2D eigenvalue weighted by atomic mass is 10.2. The third-order valence-electron chi connectivity index (χ3n) is 3.18. The van der Waals surface area contributed by atoms with E-state index < -0.39 is 0 Å². The molecular weight excluding hydrogens is 250 g/mol. The van der Waals surface area contributed by atoms with E-state index in [9.17, 15) is 0 Å². The van der Waals surface area contributed by atoms with E-state index in [4.69, 9.17) is 0 Å². The molecule has 0 unspecified atom stereocenters. The van der Waals surface area contributed by atoms with Gasteiger partial charge >= 0.3 is 0 Å². The molecule has 0 aromatic carbocycles. The second-order valence-corrected chi connectivity index (χ2v) is 4.79. The SMILES string of the molecule is Cc1ccnc(NCCCc2nnc3ccccn23)c1. The average Bonchev–Trinajstić information content (AvgIpc) is 2.87. The summed E-state index contributed by atoms with van der Waals surface area (Å²) in [7, 11) is 0. The lowest BCUT2D eigenvalue weighted by molar-refractivity contribution is 0.786. The molecule has 5 heteroatoms. The van der Waals surface area contributed by atoms with E-state index in [1.807, 2.05) is 47.1 Å². The molecule has 0 fully saturated rings. The van der Waals surface area contributed by atoms with E-state index in [0.717, 1.165) is 36.7 Å². The lowest BCUT2D eigenvalue weighted by Crippen LogP contribution is -2.06. The van der Waals surface area contributed by atoms with Gasteiger partial charge in [-0.25, -0.2) is 4.98 Å². The van der Waals surface area contributed by atoms with Crippen molar-refractivity contribution < 1.29 is 0 Å². The zero-order chi connectivity index (χ0) is 13.8. The number of aryl methyl sites for hydroxylation is 2. The van der Waals surface area contributed by atoms with Crippen LogP contribution in [0, 0.1) is 6.92 Å². The monoisotopic (exact) mass is 267 g/mol. The maximum absolute atomic E-state index is 4.28. The van der Waals surface area contributed by atoms with Crippen LogP contribution in [0.1, 0.15) is 17.8 Å². The van der Waals surface area contributed by atoms with Gasteiger partial charge in [-0.05, 0) is 43.2 Å². The van der Waals surface area contributed by atoms with Crippen LogP contribution in [0.2, 0.25) is 0 Å². The molecule has 1 N–H and O–H groups in total. The summed E-state index contributed by atoms with van der Waals surface area (Å²) in [6, 6.07) is 9.97. The van der Waals surface area contributed by atoms with E-state index in [1.54, 1.807) is 0 Å². The fourth-order valence-electron chi connectivity index (χ4n) is 2.16. The van der Waals surface area contributed by atoms with Crippen LogP contribution in [0.5, 0.6) is 0 Å². The van der Waals surface area contributed by atoms with Crippen LogP contribution < -0.4 is 5.32 Å². The normalized spacial score (nSPS) is 10.8. The van der Waals surface area contributed by atoms with Crippen molar-refractivity contribution in [3.8, 4) is 0 Å². The topological polar surface area (TPSA) is 55.1 Å². The maximum Gasteiger partial charge on any atom is 0.160 e. The molecular formula is C15H17N5. The Morgan fingerprint density at radius 1 is 1.20 bits per heavy atom. The molecule has 0 bridgehead atoms. The molecule has 0 amide bonds. The van der Waals surface area contributed by atoms with Gasteiger partial charge in [0, 0.05) is 25.4 Å². The number of hydrogen-bond donors (Lipinski definition) is 1. The Balaban J connectivity index is 1.55. The van der Waals surface area contributed by atoms with Gasteiger partial charge in [0.25, 0.3) is 0 Å². The Morgan fingerprint density at radius 2 is 2.15 bits per heavy atom. The number of nitrogens with one attached hydrogen (secondary N) is 1. The minimum atomic E-state index is 0.873. The van der Waals surface area contributed by atoms with Crippen LogP contribution in [-0.4, -0.2) is 26.1 Å². The molecule has 0 saturated carbocycles. The van der Waals surface area contributed by atoms with Crippen LogP contribution in [0.25, 0.3) is 5.65 Å². The van der Waals surface area contributed by atoms with E-state index in [-0.39, 0.29) is 0 Å². The summed E-state index contributed by atoms with van der Waals surface area (Å²) in [5.74, 6) is 1.93. The molecule has 0 atom stereocenters. The van der Waals surface area contributed by atoms with Gasteiger partial charge in [0.1, 0.15) is 11.6 Å². The van der Waals surface area contributed by atoms with Crippen molar-refractivity contribution in [1.82, 2.24) is 19.6 Å². The van der Waals surface area contributed by atoms with Crippen LogP contribution >= 0.6 is 0 Å². The Labute approximate surface area is 117 Å². The van der Waals surface area contributed by atoms with E-state index >= 15 is 0 Å². The molecule has 3 aromatic rings. The van der Waals surface area contributed by atoms with Gasteiger partial charge in [-0.2, -0.15) is 0 Å². The number of nitrogens with zero attached hydrogens (tertiary/aromatic N) is 4. The van der Waals surface area contributed by atoms with Gasteiger partial charge in [0.15, 0.2) is 5.65 Å². The predicted molar refractivity (Wildman–Crippen MR) is 78.8 cm³/mol. The van der Waals surface area contributed by atoms with Crippen molar-refractivity contribution in [1.29, 1.82) is 0 Å². The second kappa shape index (κ2) is 5.69. The van der Waals surface area contributed by atoms with Gasteiger partial charge in [0.05, 0.1) is 0 Å². The van der Waals surface area contributed by atoms with Gasteiger partial charge < -0.3 is 5.32 Å². The summed E-state index contributed by atoms with van der Waals surface area (Å²) in [5.41, 5.74) is 2.11. The Hall–Kier alpha value is -2.43. The highest BCUT2D eigenvalue weighted by Crippen LogP contribution is 2.07. The number of fused-ring (bicyclic) bond motifs is 1. The molecule has 102 valence electrons. The van der Waals surface area contributed by atoms with E-state index in [1.165, 1.54) is 5.56 Å². The fraction of sp³-hybridized carbons (Fsp3) is 0.267. The smallest absolute Gasteiger partial charge is 0.160 e. The van der Waals surface area contributed by atoms with Crippen LogP contribution in [0.15, 0.2) is 42.7 Å². The first-order valence-corrected chi connectivity index (χ1v) is 6.78. The Morgan fingerprint density at radius 3 is 3.05 bits per heavy atom. The lowest BCUT2D eigenvalue weighted by Gasteiger charge is -2.05. The zero-order valence-corrected chi connectivity index (χ0v) is 11.5. The van der Waals surface area contributed by atoms with Gasteiger partial charge in [-0.1, -0.05) is 6.07 Å². The third-order valence-corrected chi connectivity index (χ3v) is 3.18. The van der Waals surface area contributed by atoms with Crippen molar-refractivity contribution in [2.45, 2.75) is 19.8 Å². The van der Waals surface area contributed by atoms with Crippen molar-refractivity contribution >= 4 is 11.5 Å². The molecule has 0 radical (unpaired) electrons. The van der Waals surface area contributed by atoms with Gasteiger partial charge in [0.2, 0.25) is 0 Å². The first kappa shape index (κ1) is 12.6. The van der Waals surface area contributed by atoms with Crippen LogP contribution in [0.3, 0.4) is 0 Å². The highest BCUT2D eigenvalue weighted by molar-refractivity contribution is 5.38. The van der Waals surface area contributed by atoms with Crippen molar-refractivity contribution in [3.63, 3.8) is 0 Å². The molecule has 0 spiro atoms. The molecule has 0 aliphatic rings. The summed E-state index contributed by atoms with van der Waals surface area (Å²) < 4.78 is 2.03. The number of rotatable bonds is 5. The molecule has 0 saturated heterocycles. The summed E-state index contributed by atoms with van der Waals surface area (Å²) >= 11 is 0. The summed E-state index contributed by atoms with van der Waals surface area (Å²) in [5, 5.41) is 11.7. The third kappa shape index (κ3) is 2.77. The molecule has 0 aliphatic heterocycles. The Bertz CT molecular complexity index is 704. The number of anilines is 1. The van der Waals surface area contributed by atoms with E-state index in [0.29, 0.717) is 0 Å². The largest absolute Gasteiger partial charge is 0.370 e. The van der Waals surface area contributed by atoms with Crippen LogP contribution in [0.4, 0.5) is 5.82 Å². The predicted octanol–water partition coefficient (Wildman–Crippen LogP) is 2.48. The zero-order valence-electron chi connectivity index (χ0n) is 11.5. The number of hydrogen-bond acceptors (Lipinski definition) is 4. The average molecular weight is 267 g/mol. The van der Waals surface area contributed by atoms with Gasteiger partial charge in [-0.3, -0.25) is 4.40 Å². The maximum atomic E-state index is 4.28. The first-order valence-electron chi connectivity index (χ1n) is 6.78. The molecule has 3 heterocycles. The standard InChI is InChI=1S/C15H17N5/c1-12-7-9-17-13(11-12)16-8-4-6-15-19-18-14-5-2-3-10-20(14)15/h2-3,5,7,9-11H,4,6,8H2,1H3,(H,16,17). The molecule has 0 aliphatic carbocycles. The molecule has 3 rings (SSSR count). The number of aromatic nitrogens is 4.